The summed E-state index contributed by atoms with van der Waals surface area (Å²) >= 11 is 0. The number of nitrogens with one attached hydrogen (secondary N) is 3. The predicted octanol–water partition coefficient (Wildman–Crippen LogP) is 5.09. The lowest BCUT2D eigenvalue weighted by molar-refractivity contribution is 0.0515. The third-order valence-electron chi connectivity index (χ3n) is 5.27. The molecule has 4 rings (SSSR count). The molecular formula is C25H28N4O3. The summed E-state index contributed by atoms with van der Waals surface area (Å²) in [5, 5.41) is 6.24. The summed E-state index contributed by atoms with van der Waals surface area (Å²) in [6.07, 6.45) is 4.02. The summed E-state index contributed by atoms with van der Waals surface area (Å²) in [6, 6.07) is 13.6. The van der Waals surface area contributed by atoms with Gasteiger partial charge in [0.05, 0.1) is 16.9 Å². The Labute approximate surface area is 187 Å². The van der Waals surface area contributed by atoms with Gasteiger partial charge in [0.15, 0.2) is 5.78 Å². The number of carbonyl (C=O) groups is 2. The van der Waals surface area contributed by atoms with Crippen molar-refractivity contribution < 1.29 is 14.3 Å². The van der Waals surface area contributed by atoms with Crippen LogP contribution in [-0.2, 0) is 11.2 Å². The van der Waals surface area contributed by atoms with E-state index < -0.39 is 11.7 Å². The fourth-order valence-corrected chi connectivity index (χ4v) is 3.95. The van der Waals surface area contributed by atoms with E-state index in [1.807, 2.05) is 63.2 Å². The highest BCUT2D eigenvalue weighted by molar-refractivity contribution is 6.07. The van der Waals surface area contributed by atoms with Crippen molar-refractivity contribution in [2.24, 2.45) is 5.92 Å². The number of nitrogens with zero attached hydrogens (tertiary/aromatic N) is 1. The van der Waals surface area contributed by atoms with Crippen LogP contribution in [0.3, 0.4) is 0 Å². The number of hydrogen-bond donors (Lipinski definition) is 3. The molecule has 0 saturated carbocycles. The number of H-pyrrole nitrogens is 1. The van der Waals surface area contributed by atoms with Gasteiger partial charge in [-0.1, -0.05) is 18.2 Å². The summed E-state index contributed by atoms with van der Waals surface area (Å²) in [7, 11) is 0. The molecule has 3 aromatic rings. The zero-order chi connectivity index (χ0) is 22.7. The van der Waals surface area contributed by atoms with E-state index in [-0.39, 0.29) is 11.7 Å². The normalized spacial score (nSPS) is 15.7. The molecule has 0 fully saturated rings. The summed E-state index contributed by atoms with van der Waals surface area (Å²) in [6.45, 7) is 5.85. The smallest absolute Gasteiger partial charge is 0.407 e. The number of aromatic nitrogens is 2. The first-order valence-corrected chi connectivity index (χ1v) is 10.8. The number of anilines is 2. The maximum Gasteiger partial charge on any atom is 0.407 e. The van der Waals surface area contributed by atoms with Gasteiger partial charge in [0, 0.05) is 42.3 Å². The van der Waals surface area contributed by atoms with E-state index >= 15 is 0 Å². The second kappa shape index (κ2) is 8.86. The Morgan fingerprint density at radius 3 is 2.53 bits per heavy atom. The number of ketones is 1. The van der Waals surface area contributed by atoms with Crippen molar-refractivity contribution >= 4 is 23.3 Å². The summed E-state index contributed by atoms with van der Waals surface area (Å²) in [5.41, 5.74) is 4.50. The molecule has 1 aliphatic rings. The van der Waals surface area contributed by atoms with Gasteiger partial charge >= 0.3 is 6.09 Å². The number of Topliss-reactive ketones (excluding diaryl/α,β-unsaturated/α-hetero) is 1. The summed E-state index contributed by atoms with van der Waals surface area (Å²) in [5.74, 6) is 0.0493. The van der Waals surface area contributed by atoms with E-state index in [4.69, 9.17) is 4.74 Å². The standard InChI is InChI=1S/C25H28N4O3/c1-25(2,3)32-24(31)27-15-16-13-19-21(20(30)14-16)23(28-18-7-5-4-6-8-18)22(29-19)17-9-11-26-12-10-17/h4-12,16,28-29H,13-15H2,1-3H3,(H,27,31). The van der Waals surface area contributed by atoms with Gasteiger partial charge in [-0.25, -0.2) is 4.79 Å². The van der Waals surface area contributed by atoms with Crippen LogP contribution in [0.2, 0.25) is 0 Å². The van der Waals surface area contributed by atoms with Crippen LogP contribution in [0.25, 0.3) is 11.3 Å². The summed E-state index contributed by atoms with van der Waals surface area (Å²) in [4.78, 5) is 32.8. The summed E-state index contributed by atoms with van der Waals surface area (Å²) < 4.78 is 5.31. The molecule has 1 amide bonds. The number of hydrogen-bond acceptors (Lipinski definition) is 5. The largest absolute Gasteiger partial charge is 0.444 e. The minimum absolute atomic E-state index is 0.00367. The lowest BCUT2D eigenvalue weighted by Crippen LogP contribution is -2.37. The fourth-order valence-electron chi connectivity index (χ4n) is 3.95. The number of benzene rings is 1. The van der Waals surface area contributed by atoms with Crippen LogP contribution in [-0.4, -0.2) is 34.0 Å². The lowest BCUT2D eigenvalue weighted by atomic mass is 9.86. The average Bonchev–Trinajstić information content (AvgIpc) is 3.11. The number of ether oxygens (including phenoxy) is 1. The maximum absolute atomic E-state index is 13.2. The Kier molecular flexibility index (Phi) is 5.99. The van der Waals surface area contributed by atoms with Crippen molar-refractivity contribution in [3.05, 3.63) is 66.1 Å². The average molecular weight is 433 g/mol. The molecule has 1 atom stereocenters. The highest BCUT2D eigenvalue weighted by atomic mass is 16.6. The van der Waals surface area contributed by atoms with Crippen molar-refractivity contribution in [2.75, 3.05) is 11.9 Å². The molecule has 1 aromatic carbocycles. The molecule has 3 N–H and O–H groups in total. The van der Waals surface area contributed by atoms with Gasteiger partial charge in [-0.3, -0.25) is 9.78 Å². The minimum atomic E-state index is -0.559. The number of rotatable bonds is 5. The maximum atomic E-state index is 13.2. The quantitative estimate of drug-likeness (QED) is 0.522. The number of para-hydroxylation sites is 1. The molecule has 2 heterocycles. The molecule has 0 spiro atoms. The van der Waals surface area contributed by atoms with Crippen molar-refractivity contribution in [1.29, 1.82) is 0 Å². The van der Waals surface area contributed by atoms with Gasteiger partial charge in [-0.15, -0.1) is 0 Å². The van der Waals surface area contributed by atoms with Crippen LogP contribution in [0.4, 0.5) is 16.2 Å². The molecule has 1 unspecified atom stereocenters. The molecule has 0 saturated heterocycles. The van der Waals surface area contributed by atoms with E-state index in [1.54, 1.807) is 12.4 Å². The number of fused-ring (bicyclic) bond motifs is 1. The number of aromatic amines is 1. The molecule has 1 aliphatic carbocycles. The van der Waals surface area contributed by atoms with E-state index in [1.165, 1.54) is 0 Å². The predicted molar refractivity (Wildman–Crippen MR) is 124 cm³/mol. The van der Waals surface area contributed by atoms with Crippen LogP contribution in [0.1, 0.15) is 43.2 Å². The third kappa shape index (κ3) is 4.99. The van der Waals surface area contributed by atoms with Crippen LogP contribution in [0.5, 0.6) is 0 Å². The van der Waals surface area contributed by atoms with Crippen molar-refractivity contribution in [3.8, 4) is 11.3 Å². The molecule has 32 heavy (non-hydrogen) atoms. The molecule has 0 aliphatic heterocycles. The number of pyridine rings is 1. The second-order valence-corrected chi connectivity index (χ2v) is 9.04. The zero-order valence-electron chi connectivity index (χ0n) is 18.6. The van der Waals surface area contributed by atoms with Gasteiger partial charge in [-0.05, 0) is 57.4 Å². The monoisotopic (exact) mass is 432 g/mol. The number of amides is 1. The van der Waals surface area contributed by atoms with Crippen molar-refractivity contribution in [1.82, 2.24) is 15.3 Å². The van der Waals surface area contributed by atoms with Crippen LogP contribution >= 0.6 is 0 Å². The third-order valence-corrected chi connectivity index (χ3v) is 5.27. The SMILES string of the molecule is CC(C)(C)OC(=O)NCC1CC(=O)c2c([nH]c(-c3ccncc3)c2Nc2ccccc2)C1. The Hall–Kier alpha value is -3.61. The molecule has 0 bridgehead atoms. The van der Waals surface area contributed by atoms with Crippen LogP contribution < -0.4 is 10.6 Å². The molecule has 0 radical (unpaired) electrons. The highest BCUT2D eigenvalue weighted by Crippen LogP contribution is 2.39. The zero-order valence-corrected chi connectivity index (χ0v) is 18.6. The molecule has 7 nitrogen and oxygen atoms in total. The van der Waals surface area contributed by atoms with Gasteiger partial charge < -0.3 is 20.4 Å². The van der Waals surface area contributed by atoms with Gasteiger partial charge in [0.1, 0.15) is 5.60 Å². The van der Waals surface area contributed by atoms with Crippen molar-refractivity contribution in [2.45, 2.75) is 39.2 Å². The topological polar surface area (TPSA) is 96.1 Å². The van der Waals surface area contributed by atoms with Gasteiger partial charge in [-0.2, -0.15) is 0 Å². The van der Waals surface area contributed by atoms with Crippen LogP contribution in [0, 0.1) is 5.92 Å². The van der Waals surface area contributed by atoms with E-state index in [0.717, 1.165) is 28.3 Å². The van der Waals surface area contributed by atoms with Gasteiger partial charge in [0.2, 0.25) is 0 Å². The Bertz CT molecular complexity index is 1100. The first kappa shape index (κ1) is 21.6. The van der Waals surface area contributed by atoms with E-state index in [9.17, 15) is 9.59 Å². The van der Waals surface area contributed by atoms with E-state index in [0.29, 0.717) is 24.9 Å². The van der Waals surface area contributed by atoms with E-state index in [2.05, 4.69) is 20.6 Å². The Morgan fingerprint density at radius 2 is 1.84 bits per heavy atom. The van der Waals surface area contributed by atoms with Gasteiger partial charge in [0.25, 0.3) is 0 Å². The molecule has 7 heteroatoms. The number of alkyl carbamates (subject to hydrolysis) is 1. The highest BCUT2D eigenvalue weighted by Gasteiger charge is 2.32. The number of carbonyl (C=O) groups excluding carboxylic acids is 2. The lowest BCUT2D eigenvalue weighted by Gasteiger charge is -2.24. The Morgan fingerprint density at radius 1 is 1.12 bits per heavy atom. The van der Waals surface area contributed by atoms with Crippen molar-refractivity contribution in [3.63, 3.8) is 0 Å². The molecular weight excluding hydrogens is 404 g/mol. The molecule has 2 aromatic heterocycles. The second-order valence-electron chi connectivity index (χ2n) is 9.04. The van der Waals surface area contributed by atoms with Crippen LogP contribution in [0.15, 0.2) is 54.9 Å². The Balaban J connectivity index is 1.60. The fraction of sp³-hybridized carbons (Fsp3) is 0.320. The molecule has 166 valence electrons. The first-order valence-electron chi connectivity index (χ1n) is 10.8. The first-order chi connectivity index (χ1) is 15.3. The minimum Gasteiger partial charge on any atom is -0.444 e.